The van der Waals surface area contributed by atoms with Gasteiger partial charge in [-0.1, -0.05) is 36.4 Å². The van der Waals surface area contributed by atoms with Crippen molar-refractivity contribution >= 4 is 33.4 Å². The molecule has 2 aromatic heterocycles. The number of fused-ring (bicyclic) bond motifs is 7. The first kappa shape index (κ1) is 21.2. The minimum Gasteiger partial charge on any atom is -0.493 e. The predicted octanol–water partition coefficient (Wildman–Crippen LogP) is 4.45. The van der Waals surface area contributed by atoms with Crippen LogP contribution >= 0.6 is 0 Å². The number of carbonyl (C=O) groups excluding carboxylic acids is 1. The van der Waals surface area contributed by atoms with Crippen molar-refractivity contribution in [3.05, 3.63) is 94.7 Å². The molecule has 0 spiro atoms. The number of pyridine rings is 1. The Morgan fingerprint density at radius 1 is 1.05 bits per heavy atom. The van der Waals surface area contributed by atoms with Gasteiger partial charge in [0.1, 0.15) is 11.8 Å². The Balaban J connectivity index is 1.28. The third kappa shape index (κ3) is 2.93. The molecule has 5 aromatic rings. The quantitative estimate of drug-likeness (QED) is 0.381. The minimum atomic E-state index is -0.434. The van der Waals surface area contributed by atoms with E-state index in [1.165, 1.54) is 4.57 Å². The summed E-state index contributed by atoms with van der Waals surface area (Å²) in [5.74, 6) is -0.199. The largest absolute Gasteiger partial charge is 0.493 e. The molecular weight excluding hydrogens is 468 g/mol. The van der Waals surface area contributed by atoms with E-state index < -0.39 is 6.04 Å². The molecule has 2 aliphatic heterocycles. The summed E-state index contributed by atoms with van der Waals surface area (Å²) in [6, 6.07) is 21.5. The van der Waals surface area contributed by atoms with Gasteiger partial charge in [0.05, 0.1) is 34.5 Å². The van der Waals surface area contributed by atoms with Crippen molar-refractivity contribution in [2.75, 3.05) is 11.9 Å². The van der Waals surface area contributed by atoms with Gasteiger partial charge in [-0.05, 0) is 42.1 Å². The number of hydrogen-bond donors (Lipinski definition) is 2. The maximum atomic E-state index is 13.5. The summed E-state index contributed by atoms with van der Waals surface area (Å²) in [5, 5.41) is 26.4. The van der Waals surface area contributed by atoms with Crippen molar-refractivity contribution in [1.82, 2.24) is 19.0 Å². The zero-order valence-electron chi connectivity index (χ0n) is 19.5. The van der Waals surface area contributed by atoms with Gasteiger partial charge in [0.25, 0.3) is 0 Å². The Kier molecular flexibility index (Phi) is 4.41. The molecule has 0 radical (unpaired) electrons. The Morgan fingerprint density at radius 2 is 1.86 bits per heavy atom. The molecule has 0 saturated carbocycles. The summed E-state index contributed by atoms with van der Waals surface area (Å²) in [5.41, 5.74) is 2.05. The monoisotopic (exact) mass is 488 g/mol. The van der Waals surface area contributed by atoms with E-state index in [0.29, 0.717) is 46.5 Å². The number of likely N-dealkylation sites (tertiary alicyclic amines) is 1. The molecule has 2 bridgehead atoms. The summed E-state index contributed by atoms with van der Waals surface area (Å²) in [6.07, 6.45) is 2.15. The number of nitrogens with zero attached hydrogens (tertiary/aromatic N) is 5. The Bertz CT molecular complexity index is 1860. The number of urea groups is 1. The lowest BCUT2D eigenvalue weighted by atomic mass is 10.1. The summed E-state index contributed by atoms with van der Waals surface area (Å²) in [4.78, 5) is 32.9. The fraction of sp³-hybridized carbons (Fsp3) is 0.143. The van der Waals surface area contributed by atoms with Gasteiger partial charge in [-0.2, -0.15) is 5.26 Å². The van der Waals surface area contributed by atoms with E-state index in [2.05, 4.69) is 16.4 Å². The average molecular weight is 489 g/mol. The summed E-state index contributed by atoms with van der Waals surface area (Å²) in [7, 11) is 0. The number of anilines is 1. The molecule has 9 nitrogen and oxygen atoms in total. The minimum absolute atomic E-state index is 0.199. The summed E-state index contributed by atoms with van der Waals surface area (Å²) < 4.78 is 2.86. The number of carbonyl (C=O) groups is 1. The number of nitriles is 1. The normalized spacial score (nSPS) is 17.8. The van der Waals surface area contributed by atoms with Crippen LogP contribution in [0, 0.1) is 11.3 Å². The number of hydrogen-bond acceptors (Lipinski definition) is 5. The zero-order valence-corrected chi connectivity index (χ0v) is 19.5. The van der Waals surface area contributed by atoms with Gasteiger partial charge in [0.15, 0.2) is 0 Å². The molecule has 2 unspecified atom stereocenters. The van der Waals surface area contributed by atoms with Crippen LogP contribution in [-0.2, 0) is 0 Å². The molecule has 2 amide bonds. The van der Waals surface area contributed by atoms with Crippen LogP contribution < -0.4 is 11.0 Å². The highest BCUT2D eigenvalue weighted by Gasteiger charge is 2.49. The van der Waals surface area contributed by atoms with E-state index in [1.807, 2.05) is 42.5 Å². The first-order valence-corrected chi connectivity index (χ1v) is 12.0. The van der Waals surface area contributed by atoms with Crippen molar-refractivity contribution in [3.8, 4) is 17.6 Å². The van der Waals surface area contributed by atoms with Gasteiger partial charge in [-0.15, -0.1) is 0 Å². The second-order valence-corrected chi connectivity index (χ2v) is 9.36. The van der Waals surface area contributed by atoms with Crippen LogP contribution in [0.4, 0.5) is 10.5 Å². The lowest BCUT2D eigenvalue weighted by Gasteiger charge is -2.28. The van der Waals surface area contributed by atoms with E-state index >= 15 is 0 Å². The van der Waals surface area contributed by atoms with Crippen molar-refractivity contribution in [2.45, 2.75) is 18.5 Å². The molecule has 37 heavy (non-hydrogen) atoms. The second-order valence-electron chi connectivity index (χ2n) is 9.36. The smallest absolute Gasteiger partial charge is 0.336 e. The molecule has 180 valence electrons. The molecule has 2 aliphatic rings. The maximum Gasteiger partial charge on any atom is 0.336 e. The first-order chi connectivity index (χ1) is 18.1. The summed E-state index contributed by atoms with van der Waals surface area (Å²) >= 11 is 0. The molecule has 4 heterocycles. The molecular formula is C28H20N6O3. The SMILES string of the molecule is N#Cc1ccc(-n2c(O)c3n(c2=O)C2CC3N(C(=O)Nc3cccc4ccccc34)C2)c2cccnc12. The van der Waals surface area contributed by atoms with Crippen molar-refractivity contribution in [2.24, 2.45) is 0 Å². The highest BCUT2D eigenvalue weighted by molar-refractivity contribution is 6.01. The molecule has 9 heteroatoms. The molecule has 3 aromatic carbocycles. The van der Waals surface area contributed by atoms with E-state index in [1.54, 1.807) is 39.9 Å². The standard InChI is InChI=1S/C28H20N6O3/c29-14-17-10-11-22(20-8-4-12-30-24(17)20)34-26(35)25-23-13-18(33(25)28(34)37)15-32(23)27(36)31-21-9-3-6-16-5-1-2-7-19(16)21/h1-12,18,23,35H,13,15H2,(H,31,36). The number of aromatic hydroxyl groups is 1. The van der Waals surface area contributed by atoms with Gasteiger partial charge in [0.2, 0.25) is 5.88 Å². The van der Waals surface area contributed by atoms with Crippen LogP contribution in [-0.4, -0.2) is 36.7 Å². The zero-order chi connectivity index (χ0) is 25.3. The lowest BCUT2D eigenvalue weighted by Crippen LogP contribution is -2.40. The number of amides is 2. The predicted molar refractivity (Wildman–Crippen MR) is 138 cm³/mol. The highest BCUT2D eigenvalue weighted by atomic mass is 16.3. The van der Waals surface area contributed by atoms with Gasteiger partial charge >= 0.3 is 11.7 Å². The Labute approximate surface area is 210 Å². The second kappa shape index (κ2) is 7.70. The topological polar surface area (TPSA) is 116 Å². The third-order valence-electron chi connectivity index (χ3n) is 7.46. The highest BCUT2D eigenvalue weighted by Crippen LogP contribution is 2.49. The van der Waals surface area contributed by atoms with Crippen molar-refractivity contribution < 1.29 is 9.90 Å². The molecule has 7 rings (SSSR count). The van der Waals surface area contributed by atoms with Crippen LogP contribution in [0.2, 0.25) is 0 Å². The molecule has 1 fully saturated rings. The van der Waals surface area contributed by atoms with E-state index in [9.17, 15) is 20.0 Å². The van der Waals surface area contributed by atoms with E-state index in [4.69, 9.17) is 0 Å². The Morgan fingerprint density at radius 3 is 2.73 bits per heavy atom. The number of imidazole rings is 1. The van der Waals surface area contributed by atoms with Crippen LogP contribution in [0.5, 0.6) is 5.88 Å². The molecule has 1 saturated heterocycles. The molecule has 2 N–H and O–H groups in total. The maximum absolute atomic E-state index is 13.5. The third-order valence-corrected chi connectivity index (χ3v) is 7.46. The fourth-order valence-corrected chi connectivity index (χ4v) is 5.85. The van der Waals surface area contributed by atoms with Crippen LogP contribution in [0.3, 0.4) is 0 Å². The van der Waals surface area contributed by atoms with E-state index in [0.717, 1.165) is 10.8 Å². The van der Waals surface area contributed by atoms with Gasteiger partial charge in [-0.25, -0.2) is 14.2 Å². The average Bonchev–Trinajstić information content (AvgIpc) is 3.60. The number of benzene rings is 3. The van der Waals surface area contributed by atoms with Crippen LogP contribution in [0.1, 0.15) is 29.8 Å². The van der Waals surface area contributed by atoms with Gasteiger partial charge in [0, 0.05) is 23.5 Å². The van der Waals surface area contributed by atoms with Gasteiger partial charge < -0.3 is 15.3 Å². The van der Waals surface area contributed by atoms with E-state index in [-0.39, 0.29) is 23.6 Å². The van der Waals surface area contributed by atoms with Crippen molar-refractivity contribution in [1.29, 1.82) is 5.26 Å². The number of rotatable bonds is 2. The summed E-state index contributed by atoms with van der Waals surface area (Å²) in [6.45, 7) is 0.368. The first-order valence-electron chi connectivity index (χ1n) is 12.0. The number of aromatic nitrogens is 3. The lowest BCUT2D eigenvalue weighted by molar-refractivity contribution is 0.198. The van der Waals surface area contributed by atoms with Gasteiger partial charge in [-0.3, -0.25) is 9.55 Å². The Hall–Kier alpha value is -5.10. The van der Waals surface area contributed by atoms with Crippen LogP contribution in [0.15, 0.2) is 77.7 Å². The molecule has 0 aliphatic carbocycles. The fourth-order valence-electron chi connectivity index (χ4n) is 5.85. The number of nitrogens with one attached hydrogen (secondary N) is 1. The van der Waals surface area contributed by atoms with Crippen LogP contribution in [0.25, 0.3) is 27.4 Å². The van der Waals surface area contributed by atoms with Crippen molar-refractivity contribution in [3.63, 3.8) is 0 Å². The molecule has 2 atom stereocenters.